The fraction of sp³-hybridized carbons (Fsp3) is 0.278. The van der Waals surface area contributed by atoms with Crippen molar-refractivity contribution >= 4 is 27.8 Å². The van der Waals surface area contributed by atoms with Crippen molar-refractivity contribution in [3.8, 4) is 0 Å². The predicted octanol–water partition coefficient (Wildman–Crippen LogP) is 1.63. The summed E-state index contributed by atoms with van der Waals surface area (Å²) >= 11 is 0. The van der Waals surface area contributed by atoms with E-state index in [9.17, 15) is 18.0 Å². The maximum Gasteiger partial charge on any atom is 0.374 e. The van der Waals surface area contributed by atoms with Gasteiger partial charge in [-0.1, -0.05) is 12.1 Å². The number of methoxy groups -OCH3 is 1. The van der Waals surface area contributed by atoms with Gasteiger partial charge in [0.15, 0.2) is 0 Å². The Labute approximate surface area is 161 Å². The third kappa shape index (κ3) is 4.22. The van der Waals surface area contributed by atoms with Gasteiger partial charge in [0.2, 0.25) is 5.76 Å². The number of sulfonamides is 1. The van der Waals surface area contributed by atoms with Gasteiger partial charge < -0.3 is 13.9 Å². The maximum atomic E-state index is 12.0. The van der Waals surface area contributed by atoms with Gasteiger partial charge in [-0.05, 0) is 24.6 Å². The summed E-state index contributed by atoms with van der Waals surface area (Å²) < 4.78 is 41.1. The first-order valence-electron chi connectivity index (χ1n) is 8.39. The van der Waals surface area contributed by atoms with Crippen molar-refractivity contribution in [2.24, 2.45) is 4.99 Å². The molecule has 0 bridgehead atoms. The molecule has 0 aliphatic carbocycles. The van der Waals surface area contributed by atoms with Crippen molar-refractivity contribution in [3.05, 3.63) is 53.5 Å². The summed E-state index contributed by atoms with van der Waals surface area (Å²) in [6.45, 7) is 0.141. The molecule has 1 aliphatic rings. The van der Waals surface area contributed by atoms with Crippen LogP contribution in [-0.2, 0) is 30.9 Å². The molecule has 0 amide bonds. The molecule has 1 aromatic heterocycles. The van der Waals surface area contributed by atoms with Gasteiger partial charge >= 0.3 is 11.9 Å². The second-order valence-electron chi connectivity index (χ2n) is 5.86. The molecule has 2 heterocycles. The summed E-state index contributed by atoms with van der Waals surface area (Å²) in [4.78, 5) is 27.8. The highest BCUT2D eigenvalue weighted by atomic mass is 32.2. The Morgan fingerprint density at radius 2 is 2.00 bits per heavy atom. The number of rotatable bonds is 7. The molecule has 0 spiro atoms. The molecule has 0 unspecified atom stereocenters. The smallest absolute Gasteiger partial charge is 0.374 e. The zero-order valence-corrected chi connectivity index (χ0v) is 15.8. The zero-order chi connectivity index (χ0) is 20.1. The Bertz CT molecular complexity index is 1020. The lowest BCUT2D eigenvalue weighted by Crippen LogP contribution is -2.22. The van der Waals surface area contributed by atoms with Crippen LogP contribution >= 0.6 is 0 Å². The Morgan fingerprint density at radius 3 is 2.79 bits per heavy atom. The highest BCUT2D eigenvalue weighted by Crippen LogP contribution is 2.22. The van der Waals surface area contributed by atoms with E-state index in [2.05, 4.69) is 14.5 Å². The number of ether oxygens (including phenoxy) is 2. The van der Waals surface area contributed by atoms with Crippen molar-refractivity contribution in [2.45, 2.75) is 24.3 Å². The molecule has 3 rings (SSSR count). The second kappa shape index (κ2) is 8.26. The molecule has 9 nitrogen and oxygen atoms in total. The standard InChI is InChI=1S/C18H18N2O7S/c1-25-18(22)16-12(8-10-26-16)11-27-15(21)7-4-9-19-17-13-5-2-3-6-14(13)28(23,24)20-17/h2-3,5-6,8,10H,4,7,9,11H2,1H3,(H,19,20). The number of carbonyl (C=O) groups excluding carboxylic acids is 2. The highest BCUT2D eigenvalue weighted by Gasteiger charge is 2.29. The van der Waals surface area contributed by atoms with Crippen LogP contribution in [0.15, 0.2) is 50.9 Å². The molecule has 1 aliphatic heterocycles. The van der Waals surface area contributed by atoms with E-state index >= 15 is 0 Å². The van der Waals surface area contributed by atoms with E-state index in [1.165, 1.54) is 25.5 Å². The molecule has 10 heteroatoms. The molecule has 28 heavy (non-hydrogen) atoms. The van der Waals surface area contributed by atoms with Crippen LogP contribution in [0.4, 0.5) is 0 Å². The number of hydrogen-bond acceptors (Lipinski definition) is 8. The first kappa shape index (κ1) is 19.6. The van der Waals surface area contributed by atoms with Crippen LogP contribution in [0, 0.1) is 0 Å². The number of benzene rings is 1. The number of carbonyl (C=O) groups is 2. The fourth-order valence-electron chi connectivity index (χ4n) is 2.62. The van der Waals surface area contributed by atoms with E-state index in [4.69, 9.17) is 9.15 Å². The molecule has 0 atom stereocenters. The van der Waals surface area contributed by atoms with Crippen molar-refractivity contribution < 1.29 is 31.9 Å². The topological polar surface area (TPSA) is 124 Å². The second-order valence-corrected chi connectivity index (χ2v) is 7.51. The van der Waals surface area contributed by atoms with E-state index in [-0.39, 0.29) is 36.1 Å². The minimum atomic E-state index is -3.57. The molecular weight excluding hydrogens is 388 g/mol. The van der Waals surface area contributed by atoms with Crippen LogP contribution in [0.5, 0.6) is 0 Å². The number of amidine groups is 1. The predicted molar refractivity (Wildman–Crippen MR) is 97.2 cm³/mol. The van der Waals surface area contributed by atoms with E-state index < -0.39 is 22.0 Å². The minimum Gasteiger partial charge on any atom is -0.463 e. The molecule has 1 N–H and O–H groups in total. The van der Waals surface area contributed by atoms with Gasteiger partial charge in [-0.2, -0.15) is 0 Å². The van der Waals surface area contributed by atoms with Crippen molar-refractivity contribution in [1.29, 1.82) is 0 Å². The first-order chi connectivity index (χ1) is 13.4. The third-order valence-corrected chi connectivity index (χ3v) is 5.37. The van der Waals surface area contributed by atoms with Crippen molar-refractivity contribution in [1.82, 2.24) is 4.72 Å². The Balaban J connectivity index is 1.49. The fourth-order valence-corrected chi connectivity index (χ4v) is 3.87. The van der Waals surface area contributed by atoms with Gasteiger partial charge in [-0.25, -0.2) is 13.2 Å². The van der Waals surface area contributed by atoms with Crippen molar-refractivity contribution in [3.63, 3.8) is 0 Å². The van der Waals surface area contributed by atoms with Crippen LogP contribution in [0.2, 0.25) is 0 Å². The minimum absolute atomic E-state index is 0.00566. The van der Waals surface area contributed by atoms with Gasteiger partial charge in [0, 0.05) is 24.1 Å². The lowest BCUT2D eigenvalue weighted by atomic mass is 10.2. The van der Waals surface area contributed by atoms with E-state index in [0.29, 0.717) is 17.5 Å². The lowest BCUT2D eigenvalue weighted by molar-refractivity contribution is -0.145. The molecule has 148 valence electrons. The van der Waals surface area contributed by atoms with Gasteiger partial charge in [-0.15, -0.1) is 0 Å². The van der Waals surface area contributed by atoms with E-state index in [1.54, 1.807) is 18.2 Å². The molecular formula is C18H18N2O7S. The average Bonchev–Trinajstić information content (AvgIpc) is 3.26. The number of nitrogens with one attached hydrogen (secondary N) is 1. The Kier molecular flexibility index (Phi) is 5.78. The van der Waals surface area contributed by atoms with Crippen LogP contribution < -0.4 is 4.72 Å². The van der Waals surface area contributed by atoms with Gasteiger partial charge in [-0.3, -0.25) is 14.5 Å². The third-order valence-electron chi connectivity index (χ3n) is 3.98. The monoisotopic (exact) mass is 406 g/mol. The average molecular weight is 406 g/mol. The summed E-state index contributed by atoms with van der Waals surface area (Å²) in [6, 6.07) is 8.07. The number of esters is 2. The Hall–Kier alpha value is -3.14. The molecule has 0 radical (unpaired) electrons. The van der Waals surface area contributed by atoms with Gasteiger partial charge in [0.05, 0.1) is 18.3 Å². The van der Waals surface area contributed by atoms with Gasteiger partial charge in [0.1, 0.15) is 12.4 Å². The summed E-state index contributed by atoms with van der Waals surface area (Å²) in [5, 5.41) is 0. The summed E-state index contributed by atoms with van der Waals surface area (Å²) in [5.74, 6) is -0.852. The number of nitrogens with zero attached hydrogens (tertiary/aromatic N) is 1. The van der Waals surface area contributed by atoms with Crippen LogP contribution in [0.1, 0.15) is 34.5 Å². The molecule has 2 aromatic rings. The molecule has 0 saturated carbocycles. The zero-order valence-electron chi connectivity index (χ0n) is 15.0. The van der Waals surface area contributed by atoms with E-state index in [0.717, 1.165) is 0 Å². The van der Waals surface area contributed by atoms with Crippen LogP contribution in [0.3, 0.4) is 0 Å². The maximum absolute atomic E-state index is 12.0. The summed E-state index contributed by atoms with van der Waals surface area (Å²) in [7, 11) is -2.35. The SMILES string of the molecule is COC(=O)c1occc1COC(=O)CCCN=C1NS(=O)(=O)c2ccccc21. The normalized spacial score (nSPS) is 15.7. The number of hydrogen-bond donors (Lipinski definition) is 1. The summed E-state index contributed by atoms with van der Waals surface area (Å²) in [5.41, 5.74) is 0.929. The number of furan rings is 1. The van der Waals surface area contributed by atoms with Crippen LogP contribution in [0.25, 0.3) is 0 Å². The van der Waals surface area contributed by atoms with Crippen molar-refractivity contribution in [2.75, 3.05) is 13.7 Å². The lowest BCUT2D eigenvalue weighted by Gasteiger charge is -2.04. The quantitative estimate of drug-likeness (QED) is 0.547. The largest absolute Gasteiger partial charge is 0.463 e. The number of fused-ring (bicyclic) bond motifs is 1. The molecule has 0 saturated heterocycles. The van der Waals surface area contributed by atoms with Crippen LogP contribution in [-0.4, -0.2) is 39.8 Å². The Morgan fingerprint density at radius 1 is 1.21 bits per heavy atom. The number of aliphatic imine (C=N–C) groups is 1. The highest BCUT2D eigenvalue weighted by molar-refractivity contribution is 7.90. The summed E-state index contributed by atoms with van der Waals surface area (Å²) in [6.07, 6.45) is 1.78. The molecule has 1 aromatic carbocycles. The van der Waals surface area contributed by atoms with Gasteiger partial charge in [0.25, 0.3) is 10.0 Å². The molecule has 0 fully saturated rings. The van der Waals surface area contributed by atoms with E-state index in [1.807, 2.05) is 0 Å². The first-order valence-corrected chi connectivity index (χ1v) is 9.87.